The Morgan fingerprint density at radius 1 is 1.62 bits per heavy atom. The van der Waals surface area contributed by atoms with E-state index in [1.54, 1.807) is 6.07 Å². The molecule has 0 aromatic heterocycles. The minimum absolute atomic E-state index is 0.00828. The van der Waals surface area contributed by atoms with Gasteiger partial charge in [-0.1, -0.05) is 0 Å². The minimum atomic E-state index is -3.81. The van der Waals surface area contributed by atoms with Gasteiger partial charge in [0.05, 0.1) is 31.2 Å². The molecule has 0 spiro atoms. The fraction of sp³-hybridized carbons (Fsp3) is 0.750. The molecule has 16 heavy (non-hydrogen) atoms. The smallest absolute Gasteiger partial charge is 0.310 e. The summed E-state index contributed by atoms with van der Waals surface area (Å²) in [6.07, 6.45) is 0. The molecule has 90 valence electrons. The number of nitrogens with zero attached hydrogens (tertiary/aromatic N) is 1. The van der Waals surface area contributed by atoms with Gasteiger partial charge in [-0.3, -0.25) is 4.79 Å². The molecule has 1 rings (SSSR count). The predicted octanol–water partition coefficient (Wildman–Crippen LogP) is -1.08. The van der Waals surface area contributed by atoms with Crippen LogP contribution in [0.1, 0.15) is 6.92 Å². The number of hydrogen-bond donors (Lipinski definition) is 2. The van der Waals surface area contributed by atoms with Crippen LogP contribution in [-0.2, 0) is 19.6 Å². The molecule has 7 nitrogen and oxygen atoms in total. The number of carboxylic acids is 1. The van der Waals surface area contributed by atoms with Crippen molar-refractivity contribution in [3.63, 3.8) is 0 Å². The van der Waals surface area contributed by atoms with Gasteiger partial charge in [0.25, 0.3) is 0 Å². The van der Waals surface area contributed by atoms with Crippen molar-refractivity contribution in [1.29, 1.82) is 5.26 Å². The number of nitrogens with one attached hydrogen (secondary N) is 1. The van der Waals surface area contributed by atoms with E-state index in [1.807, 2.05) is 0 Å². The third-order valence-electron chi connectivity index (χ3n) is 2.36. The van der Waals surface area contributed by atoms with Crippen molar-refractivity contribution in [3.8, 4) is 6.07 Å². The summed E-state index contributed by atoms with van der Waals surface area (Å²) in [5.41, 5.74) is 0. The van der Waals surface area contributed by atoms with Gasteiger partial charge in [-0.15, -0.1) is 0 Å². The lowest BCUT2D eigenvalue weighted by atomic mass is 10.1. The highest BCUT2D eigenvalue weighted by molar-refractivity contribution is 7.90. The van der Waals surface area contributed by atoms with Gasteiger partial charge < -0.3 is 9.84 Å². The quantitative estimate of drug-likeness (QED) is 0.653. The molecular formula is C8H12N2O5S. The Kier molecular flexibility index (Phi) is 3.85. The number of hydrogen-bond acceptors (Lipinski definition) is 5. The van der Waals surface area contributed by atoms with E-state index in [4.69, 9.17) is 15.1 Å². The molecular weight excluding hydrogens is 236 g/mol. The van der Waals surface area contributed by atoms with Crippen molar-refractivity contribution in [3.05, 3.63) is 0 Å². The highest BCUT2D eigenvalue weighted by atomic mass is 32.2. The Morgan fingerprint density at radius 2 is 2.25 bits per heavy atom. The van der Waals surface area contributed by atoms with Gasteiger partial charge in [-0.2, -0.15) is 5.26 Å². The summed E-state index contributed by atoms with van der Waals surface area (Å²) >= 11 is 0. The maximum absolute atomic E-state index is 11.5. The number of sulfonamides is 1. The first-order valence-corrected chi connectivity index (χ1v) is 6.14. The third kappa shape index (κ3) is 2.69. The molecule has 1 heterocycles. The number of ether oxygens (including phenoxy) is 1. The number of carbonyl (C=O) groups is 1. The molecule has 0 bridgehead atoms. The number of aliphatic carboxylic acids is 1. The molecule has 3 atom stereocenters. The summed E-state index contributed by atoms with van der Waals surface area (Å²) in [4.78, 5) is 10.8. The lowest BCUT2D eigenvalue weighted by molar-refractivity contribution is -0.142. The largest absolute Gasteiger partial charge is 0.481 e. The van der Waals surface area contributed by atoms with Crippen molar-refractivity contribution in [2.45, 2.75) is 18.2 Å². The predicted molar refractivity (Wildman–Crippen MR) is 52.9 cm³/mol. The second kappa shape index (κ2) is 4.78. The van der Waals surface area contributed by atoms with Gasteiger partial charge in [0.1, 0.15) is 0 Å². The maximum atomic E-state index is 11.5. The number of carboxylic acid groups (broad SMARTS) is 1. The van der Waals surface area contributed by atoms with E-state index in [9.17, 15) is 13.2 Å². The van der Waals surface area contributed by atoms with Gasteiger partial charge >= 0.3 is 5.97 Å². The van der Waals surface area contributed by atoms with Crippen molar-refractivity contribution >= 4 is 16.0 Å². The molecule has 0 aromatic carbocycles. The third-order valence-corrected chi connectivity index (χ3v) is 4.03. The second-order valence-corrected chi connectivity index (χ2v) is 5.56. The standard InChI is InChI=1S/C8H12N2O5S/c1-5(2-9)16(13,14)10-7-4-15-3-6(7)8(11)12/h5-7,10H,3-4H2,1H3,(H,11,12). The molecule has 0 saturated carbocycles. The van der Waals surface area contributed by atoms with Gasteiger partial charge in [-0.25, -0.2) is 13.1 Å². The monoisotopic (exact) mass is 248 g/mol. The van der Waals surface area contributed by atoms with E-state index in [1.165, 1.54) is 6.92 Å². The molecule has 2 N–H and O–H groups in total. The first kappa shape index (κ1) is 12.9. The van der Waals surface area contributed by atoms with Crippen LogP contribution in [0.25, 0.3) is 0 Å². The van der Waals surface area contributed by atoms with Crippen molar-refractivity contribution in [2.75, 3.05) is 13.2 Å². The minimum Gasteiger partial charge on any atom is -0.481 e. The summed E-state index contributed by atoms with van der Waals surface area (Å²) < 4.78 is 30.1. The van der Waals surface area contributed by atoms with Crippen LogP contribution in [-0.4, -0.2) is 44.0 Å². The van der Waals surface area contributed by atoms with Gasteiger partial charge in [-0.05, 0) is 6.92 Å². The number of rotatable bonds is 4. The molecule has 3 unspecified atom stereocenters. The molecule has 8 heteroatoms. The summed E-state index contributed by atoms with van der Waals surface area (Å²) in [6, 6.07) is 0.777. The summed E-state index contributed by atoms with van der Waals surface area (Å²) in [7, 11) is -3.81. The molecule has 0 aromatic rings. The molecule has 1 aliphatic rings. The highest BCUT2D eigenvalue weighted by Gasteiger charge is 2.37. The van der Waals surface area contributed by atoms with Crippen LogP contribution in [0.4, 0.5) is 0 Å². The zero-order chi connectivity index (χ0) is 12.3. The van der Waals surface area contributed by atoms with Crippen LogP contribution in [0.15, 0.2) is 0 Å². The SMILES string of the molecule is CC(C#N)S(=O)(=O)NC1COCC1C(=O)O. The van der Waals surface area contributed by atoms with Crippen molar-refractivity contribution in [1.82, 2.24) is 4.72 Å². The summed E-state index contributed by atoms with van der Waals surface area (Å²) in [5, 5.41) is 16.1. The Labute approximate surface area is 93.1 Å². The van der Waals surface area contributed by atoms with Crippen LogP contribution < -0.4 is 4.72 Å². The van der Waals surface area contributed by atoms with E-state index in [0.717, 1.165) is 0 Å². The molecule has 0 aliphatic carbocycles. The molecule has 0 radical (unpaired) electrons. The van der Waals surface area contributed by atoms with Crippen LogP contribution in [0.2, 0.25) is 0 Å². The normalized spacial score (nSPS) is 27.2. The first-order chi connectivity index (χ1) is 7.38. The average molecular weight is 248 g/mol. The van der Waals surface area contributed by atoms with Crippen LogP contribution >= 0.6 is 0 Å². The van der Waals surface area contributed by atoms with E-state index in [-0.39, 0.29) is 13.2 Å². The lowest BCUT2D eigenvalue weighted by Gasteiger charge is -2.16. The van der Waals surface area contributed by atoms with Crippen molar-refractivity contribution < 1.29 is 23.1 Å². The summed E-state index contributed by atoms with van der Waals surface area (Å²) in [5.74, 6) is -2.02. The van der Waals surface area contributed by atoms with E-state index in [2.05, 4.69) is 4.72 Å². The van der Waals surface area contributed by atoms with E-state index < -0.39 is 33.2 Å². The van der Waals surface area contributed by atoms with Gasteiger partial charge in [0, 0.05) is 0 Å². The zero-order valence-corrected chi connectivity index (χ0v) is 9.40. The summed E-state index contributed by atoms with van der Waals surface area (Å²) in [6.45, 7) is 1.21. The van der Waals surface area contributed by atoms with E-state index >= 15 is 0 Å². The topological polar surface area (TPSA) is 116 Å². The zero-order valence-electron chi connectivity index (χ0n) is 8.58. The average Bonchev–Trinajstić information content (AvgIpc) is 2.63. The first-order valence-electron chi connectivity index (χ1n) is 4.60. The van der Waals surface area contributed by atoms with E-state index in [0.29, 0.717) is 0 Å². The fourth-order valence-corrected chi connectivity index (χ4v) is 2.29. The Bertz CT molecular complexity index is 413. The number of nitriles is 1. The van der Waals surface area contributed by atoms with Gasteiger partial charge in [0.15, 0.2) is 5.25 Å². The lowest BCUT2D eigenvalue weighted by Crippen LogP contribution is -2.45. The van der Waals surface area contributed by atoms with Crippen molar-refractivity contribution in [2.24, 2.45) is 5.92 Å². The Balaban J connectivity index is 2.75. The Morgan fingerprint density at radius 3 is 2.75 bits per heavy atom. The molecule has 1 aliphatic heterocycles. The molecule has 1 fully saturated rings. The maximum Gasteiger partial charge on any atom is 0.310 e. The molecule has 0 amide bonds. The van der Waals surface area contributed by atoms with Gasteiger partial charge in [0.2, 0.25) is 10.0 Å². The second-order valence-electron chi connectivity index (χ2n) is 3.52. The highest BCUT2D eigenvalue weighted by Crippen LogP contribution is 2.15. The molecule has 1 saturated heterocycles. The van der Waals surface area contributed by atoms with Crippen LogP contribution in [0.3, 0.4) is 0 Å². The fourth-order valence-electron chi connectivity index (χ4n) is 1.30. The van der Waals surface area contributed by atoms with Crippen LogP contribution in [0, 0.1) is 17.2 Å². The Hall–Kier alpha value is -1.17. The van der Waals surface area contributed by atoms with Crippen LogP contribution in [0.5, 0.6) is 0 Å².